The summed E-state index contributed by atoms with van der Waals surface area (Å²) in [6.07, 6.45) is 1.69. The Kier molecular flexibility index (Phi) is 4.38. The van der Waals surface area contributed by atoms with Crippen LogP contribution in [0.2, 0.25) is 0 Å². The first-order valence-electron chi connectivity index (χ1n) is 8.60. The van der Waals surface area contributed by atoms with Crippen molar-refractivity contribution in [3.63, 3.8) is 0 Å². The van der Waals surface area contributed by atoms with Gasteiger partial charge in [-0.25, -0.2) is 4.98 Å². The zero-order valence-corrected chi connectivity index (χ0v) is 15.1. The van der Waals surface area contributed by atoms with E-state index in [0.717, 1.165) is 16.9 Å². The van der Waals surface area contributed by atoms with Gasteiger partial charge in [0.05, 0.1) is 11.9 Å². The predicted octanol–water partition coefficient (Wildman–Crippen LogP) is 4.42. The van der Waals surface area contributed by atoms with Crippen molar-refractivity contribution in [3.05, 3.63) is 71.4 Å². The molecule has 1 aliphatic rings. The molecule has 4 rings (SSSR count). The van der Waals surface area contributed by atoms with Gasteiger partial charge in [0.15, 0.2) is 11.5 Å². The smallest absolute Gasteiger partial charge is 0.256 e. The standard InChI is InChI=1S/C21H19N3O3/c1-13-3-4-14(2)17(9-13)23-16-6-8-20(22-11-16)24-21(25)15-5-7-18-19(10-15)27-12-26-18/h3-11,23H,12H2,1-2H3,(H,22,24,25). The summed E-state index contributed by atoms with van der Waals surface area (Å²) in [5.74, 6) is 1.44. The number of pyridine rings is 1. The van der Waals surface area contributed by atoms with Crippen LogP contribution in [0.25, 0.3) is 0 Å². The Bertz CT molecular complexity index is 1000. The van der Waals surface area contributed by atoms with Gasteiger partial charge < -0.3 is 20.1 Å². The minimum atomic E-state index is -0.254. The third-order valence-corrected chi connectivity index (χ3v) is 4.31. The predicted molar refractivity (Wildman–Crippen MR) is 104 cm³/mol. The number of nitrogens with zero attached hydrogens (tertiary/aromatic N) is 1. The molecule has 6 heteroatoms. The number of aryl methyl sites for hydroxylation is 2. The van der Waals surface area contributed by atoms with E-state index in [9.17, 15) is 4.79 Å². The number of amides is 1. The van der Waals surface area contributed by atoms with Gasteiger partial charge in [0.2, 0.25) is 6.79 Å². The third-order valence-electron chi connectivity index (χ3n) is 4.31. The molecule has 0 radical (unpaired) electrons. The number of anilines is 3. The van der Waals surface area contributed by atoms with Gasteiger partial charge >= 0.3 is 0 Å². The van der Waals surface area contributed by atoms with Crippen molar-refractivity contribution < 1.29 is 14.3 Å². The fourth-order valence-corrected chi connectivity index (χ4v) is 2.79. The van der Waals surface area contributed by atoms with Crippen LogP contribution in [0.15, 0.2) is 54.7 Å². The van der Waals surface area contributed by atoms with Crippen LogP contribution >= 0.6 is 0 Å². The second kappa shape index (κ2) is 6.99. The SMILES string of the molecule is Cc1ccc(C)c(Nc2ccc(NC(=O)c3ccc4c(c3)OCO4)nc2)c1. The van der Waals surface area contributed by atoms with E-state index in [2.05, 4.69) is 47.7 Å². The summed E-state index contributed by atoms with van der Waals surface area (Å²) in [4.78, 5) is 16.7. The fraction of sp³-hybridized carbons (Fsp3) is 0.143. The summed E-state index contributed by atoms with van der Waals surface area (Å²) < 4.78 is 10.6. The minimum absolute atomic E-state index is 0.177. The Morgan fingerprint density at radius 3 is 2.67 bits per heavy atom. The Labute approximate surface area is 157 Å². The van der Waals surface area contributed by atoms with Crippen LogP contribution in [-0.4, -0.2) is 17.7 Å². The Morgan fingerprint density at radius 1 is 1.00 bits per heavy atom. The number of nitrogens with one attached hydrogen (secondary N) is 2. The fourth-order valence-electron chi connectivity index (χ4n) is 2.79. The molecule has 136 valence electrons. The van der Waals surface area contributed by atoms with Crippen LogP contribution in [0.4, 0.5) is 17.2 Å². The summed E-state index contributed by atoms with van der Waals surface area (Å²) >= 11 is 0. The number of benzene rings is 2. The van der Waals surface area contributed by atoms with Crippen LogP contribution in [0.1, 0.15) is 21.5 Å². The molecule has 0 aliphatic carbocycles. The maximum atomic E-state index is 12.4. The van der Waals surface area contributed by atoms with E-state index >= 15 is 0 Å². The van der Waals surface area contributed by atoms with Crippen LogP contribution in [-0.2, 0) is 0 Å². The molecule has 2 aromatic carbocycles. The molecule has 0 fully saturated rings. The molecule has 6 nitrogen and oxygen atoms in total. The van der Waals surface area contributed by atoms with Crippen molar-refractivity contribution in [2.75, 3.05) is 17.4 Å². The molecule has 0 unspecified atom stereocenters. The van der Waals surface area contributed by atoms with Crippen LogP contribution < -0.4 is 20.1 Å². The molecule has 0 bridgehead atoms. The number of carbonyl (C=O) groups excluding carboxylic acids is 1. The minimum Gasteiger partial charge on any atom is -0.454 e. The number of rotatable bonds is 4. The first kappa shape index (κ1) is 16.9. The average Bonchev–Trinajstić information content (AvgIpc) is 3.14. The highest BCUT2D eigenvalue weighted by Crippen LogP contribution is 2.32. The van der Waals surface area contributed by atoms with Gasteiger partial charge in [-0.1, -0.05) is 12.1 Å². The van der Waals surface area contributed by atoms with Crippen molar-refractivity contribution in [2.24, 2.45) is 0 Å². The van der Waals surface area contributed by atoms with E-state index < -0.39 is 0 Å². The Hall–Kier alpha value is -3.54. The Balaban J connectivity index is 1.44. The molecule has 2 N–H and O–H groups in total. The molecule has 1 aromatic heterocycles. The molecular weight excluding hydrogens is 342 g/mol. The maximum absolute atomic E-state index is 12.4. The molecular formula is C21H19N3O3. The lowest BCUT2D eigenvalue weighted by Gasteiger charge is -2.11. The van der Waals surface area contributed by atoms with Crippen LogP contribution in [0.5, 0.6) is 11.5 Å². The van der Waals surface area contributed by atoms with E-state index in [1.165, 1.54) is 5.56 Å². The van der Waals surface area contributed by atoms with E-state index in [1.807, 2.05) is 6.07 Å². The van der Waals surface area contributed by atoms with Gasteiger partial charge in [-0.05, 0) is 61.4 Å². The largest absolute Gasteiger partial charge is 0.454 e. The normalized spacial score (nSPS) is 11.9. The third kappa shape index (κ3) is 3.69. The number of fused-ring (bicyclic) bond motifs is 1. The van der Waals surface area contributed by atoms with E-state index in [-0.39, 0.29) is 12.7 Å². The van der Waals surface area contributed by atoms with Crippen molar-refractivity contribution >= 4 is 23.1 Å². The van der Waals surface area contributed by atoms with Gasteiger partial charge in [0.25, 0.3) is 5.91 Å². The molecule has 0 saturated heterocycles. The van der Waals surface area contributed by atoms with Crippen LogP contribution in [0, 0.1) is 13.8 Å². The summed E-state index contributed by atoms with van der Waals surface area (Å²) in [5, 5.41) is 6.13. The maximum Gasteiger partial charge on any atom is 0.256 e. The number of aromatic nitrogens is 1. The lowest BCUT2D eigenvalue weighted by molar-refractivity contribution is 0.102. The molecule has 2 heterocycles. The molecule has 0 saturated carbocycles. The highest BCUT2D eigenvalue weighted by atomic mass is 16.7. The molecule has 1 aliphatic heterocycles. The summed E-state index contributed by atoms with van der Waals surface area (Å²) in [6, 6.07) is 15.0. The highest BCUT2D eigenvalue weighted by Gasteiger charge is 2.16. The topological polar surface area (TPSA) is 72.5 Å². The highest BCUT2D eigenvalue weighted by molar-refractivity contribution is 6.04. The number of hydrogen-bond donors (Lipinski definition) is 2. The zero-order valence-electron chi connectivity index (χ0n) is 15.1. The quantitative estimate of drug-likeness (QED) is 0.719. The average molecular weight is 361 g/mol. The van der Waals surface area contributed by atoms with Crippen molar-refractivity contribution in [1.82, 2.24) is 4.98 Å². The zero-order chi connectivity index (χ0) is 18.8. The second-order valence-electron chi connectivity index (χ2n) is 6.40. The van der Waals surface area contributed by atoms with E-state index in [0.29, 0.717) is 22.9 Å². The second-order valence-corrected chi connectivity index (χ2v) is 6.40. The molecule has 3 aromatic rings. The van der Waals surface area contributed by atoms with Gasteiger partial charge in [0.1, 0.15) is 5.82 Å². The number of hydrogen-bond acceptors (Lipinski definition) is 5. The van der Waals surface area contributed by atoms with Gasteiger partial charge in [-0.3, -0.25) is 4.79 Å². The summed E-state index contributed by atoms with van der Waals surface area (Å²) in [5.41, 5.74) is 4.71. The molecule has 0 spiro atoms. The van der Waals surface area contributed by atoms with Gasteiger partial charge in [-0.2, -0.15) is 0 Å². The van der Waals surface area contributed by atoms with Crippen molar-refractivity contribution in [2.45, 2.75) is 13.8 Å². The van der Waals surface area contributed by atoms with Gasteiger partial charge in [0, 0.05) is 11.3 Å². The van der Waals surface area contributed by atoms with Crippen molar-refractivity contribution in [1.29, 1.82) is 0 Å². The molecule has 0 atom stereocenters. The summed E-state index contributed by atoms with van der Waals surface area (Å²) in [7, 11) is 0. The Morgan fingerprint density at radius 2 is 1.85 bits per heavy atom. The lowest BCUT2D eigenvalue weighted by atomic mass is 10.1. The van der Waals surface area contributed by atoms with Crippen molar-refractivity contribution in [3.8, 4) is 11.5 Å². The van der Waals surface area contributed by atoms with E-state index in [4.69, 9.17) is 9.47 Å². The number of ether oxygens (including phenoxy) is 2. The molecule has 1 amide bonds. The first-order valence-corrected chi connectivity index (χ1v) is 8.60. The van der Waals surface area contributed by atoms with E-state index in [1.54, 1.807) is 30.5 Å². The monoisotopic (exact) mass is 361 g/mol. The lowest BCUT2D eigenvalue weighted by Crippen LogP contribution is -2.12. The first-order chi connectivity index (χ1) is 13.1. The van der Waals surface area contributed by atoms with Gasteiger partial charge in [-0.15, -0.1) is 0 Å². The van der Waals surface area contributed by atoms with Crippen LogP contribution in [0.3, 0.4) is 0 Å². The summed E-state index contributed by atoms with van der Waals surface area (Å²) in [6.45, 7) is 4.28. The number of carbonyl (C=O) groups is 1. The molecule has 27 heavy (non-hydrogen) atoms.